The number of phenolic OH excluding ortho intramolecular Hbond substituents is 1. The van der Waals surface area contributed by atoms with Crippen molar-refractivity contribution in [1.29, 1.82) is 0 Å². The van der Waals surface area contributed by atoms with Gasteiger partial charge in [-0.3, -0.25) is 10.1 Å². The van der Waals surface area contributed by atoms with E-state index in [1.165, 1.54) is 59.8 Å². The molecule has 4 aromatic rings. The van der Waals surface area contributed by atoms with Gasteiger partial charge >= 0.3 is 0 Å². The summed E-state index contributed by atoms with van der Waals surface area (Å²) in [7, 11) is 0. The maximum Gasteiger partial charge on any atom is 0.271 e. The molecule has 7 nitrogen and oxygen atoms in total. The molecule has 0 atom stereocenters. The average molecular weight is 418 g/mol. The molecule has 0 spiro atoms. The van der Waals surface area contributed by atoms with Crippen LogP contribution in [-0.4, -0.2) is 20.0 Å². The summed E-state index contributed by atoms with van der Waals surface area (Å²) in [5.74, 6) is 0.419. The van der Waals surface area contributed by atoms with E-state index in [1.54, 1.807) is 0 Å². The maximum absolute atomic E-state index is 11.1. The lowest BCUT2D eigenvalue weighted by Crippen LogP contribution is -2.02. The van der Waals surface area contributed by atoms with Gasteiger partial charge < -0.3 is 10.4 Å². The number of nitro benzene ring substituents is 1. The molecular weight excluding hydrogens is 400 g/mol. The number of phenols is 1. The number of non-ortho nitro benzene ring substituents is 1. The molecule has 1 aliphatic rings. The van der Waals surface area contributed by atoms with E-state index in [-0.39, 0.29) is 17.1 Å². The highest BCUT2D eigenvalue weighted by molar-refractivity contribution is 7.17. The summed E-state index contributed by atoms with van der Waals surface area (Å²) in [5.41, 5.74) is 5.04. The molecular formula is C22H18N4O3S. The minimum atomic E-state index is -0.497. The Morgan fingerprint density at radius 1 is 1.07 bits per heavy atom. The van der Waals surface area contributed by atoms with Crippen molar-refractivity contribution >= 4 is 38.7 Å². The lowest BCUT2D eigenvalue weighted by Gasteiger charge is -2.16. The van der Waals surface area contributed by atoms with Crippen LogP contribution in [0, 0.1) is 10.1 Å². The highest BCUT2D eigenvalue weighted by atomic mass is 32.1. The van der Waals surface area contributed by atoms with E-state index in [2.05, 4.69) is 38.9 Å². The summed E-state index contributed by atoms with van der Waals surface area (Å²) < 4.78 is 0. The van der Waals surface area contributed by atoms with Gasteiger partial charge in [-0.25, -0.2) is 9.97 Å². The third kappa shape index (κ3) is 3.25. The Balaban J connectivity index is 1.61. The van der Waals surface area contributed by atoms with Gasteiger partial charge in [0.15, 0.2) is 0 Å². The second kappa shape index (κ2) is 7.38. The lowest BCUT2D eigenvalue weighted by atomic mass is 9.89. The average Bonchev–Trinajstić information content (AvgIpc) is 3.20. The number of aromatic nitrogens is 2. The molecule has 0 radical (unpaired) electrons. The molecule has 2 aromatic heterocycles. The zero-order valence-electron chi connectivity index (χ0n) is 16.0. The Hall–Kier alpha value is -3.52. The smallest absolute Gasteiger partial charge is 0.271 e. The number of rotatable bonds is 4. The highest BCUT2D eigenvalue weighted by Gasteiger charge is 2.18. The number of fused-ring (bicyclic) bond motifs is 2. The van der Waals surface area contributed by atoms with Gasteiger partial charge in [0.25, 0.3) is 5.69 Å². The first-order valence-electron chi connectivity index (χ1n) is 9.69. The number of nitrogens with one attached hydrogen (secondary N) is 1. The van der Waals surface area contributed by atoms with Crippen molar-refractivity contribution in [1.82, 2.24) is 9.97 Å². The Bertz CT molecular complexity index is 1280. The highest BCUT2D eigenvalue weighted by Crippen LogP contribution is 2.40. The summed E-state index contributed by atoms with van der Waals surface area (Å²) in [6.45, 7) is 0. The van der Waals surface area contributed by atoms with E-state index in [1.807, 2.05) is 0 Å². The van der Waals surface area contributed by atoms with Crippen LogP contribution >= 0.6 is 11.3 Å². The quantitative estimate of drug-likeness (QED) is 0.254. The van der Waals surface area contributed by atoms with E-state index in [9.17, 15) is 15.2 Å². The Labute approximate surface area is 176 Å². The predicted molar refractivity (Wildman–Crippen MR) is 118 cm³/mol. The van der Waals surface area contributed by atoms with E-state index >= 15 is 0 Å². The molecule has 5 rings (SSSR count). The minimum absolute atomic E-state index is 0.0853. The topological polar surface area (TPSA) is 101 Å². The van der Waals surface area contributed by atoms with Crippen LogP contribution in [0.1, 0.15) is 24.0 Å². The summed E-state index contributed by atoms with van der Waals surface area (Å²) in [4.78, 5) is 20.2. The summed E-state index contributed by atoms with van der Waals surface area (Å²) in [6, 6.07) is 10.5. The van der Waals surface area contributed by atoms with Gasteiger partial charge in [-0.15, -0.1) is 11.3 Å². The molecule has 0 saturated heterocycles. The number of nitro groups is 1. The lowest BCUT2D eigenvalue weighted by molar-refractivity contribution is -0.384. The molecule has 0 amide bonds. The van der Waals surface area contributed by atoms with E-state index < -0.39 is 4.92 Å². The number of hydrogen-bond acceptors (Lipinski definition) is 7. The maximum atomic E-state index is 11.1. The second-order valence-electron chi connectivity index (χ2n) is 7.33. The molecule has 2 N–H and O–H groups in total. The van der Waals surface area contributed by atoms with Crippen molar-refractivity contribution < 1.29 is 10.0 Å². The fourth-order valence-corrected chi connectivity index (χ4v) is 4.86. The summed E-state index contributed by atoms with van der Waals surface area (Å²) in [5, 5.41) is 27.3. The first kappa shape index (κ1) is 18.5. The number of anilines is 2. The number of aromatic hydroxyl groups is 1. The Kier molecular flexibility index (Phi) is 4.55. The minimum Gasteiger partial charge on any atom is -0.506 e. The van der Waals surface area contributed by atoms with Gasteiger partial charge in [-0.2, -0.15) is 0 Å². The van der Waals surface area contributed by atoms with E-state index in [4.69, 9.17) is 0 Å². The Morgan fingerprint density at radius 2 is 1.90 bits per heavy atom. The van der Waals surface area contributed by atoms with Crippen molar-refractivity contribution in [2.45, 2.75) is 25.7 Å². The number of hydrogen-bond donors (Lipinski definition) is 2. The summed E-state index contributed by atoms with van der Waals surface area (Å²) in [6.07, 6.45) is 6.12. The predicted octanol–water partition coefficient (Wildman–Crippen LogP) is 5.59. The molecule has 1 aliphatic carbocycles. The monoisotopic (exact) mass is 418 g/mol. The van der Waals surface area contributed by atoms with E-state index in [0.717, 1.165) is 34.2 Å². The first-order chi connectivity index (χ1) is 14.6. The summed E-state index contributed by atoms with van der Waals surface area (Å²) >= 11 is 1.52. The second-order valence-corrected chi connectivity index (χ2v) is 8.18. The molecule has 0 saturated carbocycles. The van der Waals surface area contributed by atoms with Crippen molar-refractivity contribution in [2.75, 3.05) is 5.32 Å². The molecule has 30 heavy (non-hydrogen) atoms. The van der Waals surface area contributed by atoms with Gasteiger partial charge in [-0.1, -0.05) is 18.2 Å². The van der Waals surface area contributed by atoms with E-state index in [0.29, 0.717) is 5.82 Å². The SMILES string of the molecule is O=[N+]([O-])c1ccc(O)c(Nc2ncnc3scc(-c4ccc5c(c4)CCCC5)c23)c1. The van der Waals surface area contributed by atoms with Gasteiger partial charge in [0.05, 0.1) is 16.0 Å². The zero-order chi connectivity index (χ0) is 20.7. The molecule has 0 unspecified atom stereocenters. The number of nitrogens with zero attached hydrogens (tertiary/aromatic N) is 3. The van der Waals surface area contributed by atoms with Crippen molar-refractivity contribution in [3.8, 4) is 16.9 Å². The molecule has 0 bridgehead atoms. The largest absolute Gasteiger partial charge is 0.506 e. The van der Waals surface area contributed by atoms with Gasteiger partial charge in [-0.05, 0) is 48.4 Å². The van der Waals surface area contributed by atoms with Crippen LogP contribution in [0.15, 0.2) is 48.1 Å². The zero-order valence-corrected chi connectivity index (χ0v) is 16.8. The third-order valence-electron chi connectivity index (χ3n) is 5.47. The van der Waals surface area contributed by atoms with Crippen molar-refractivity contribution in [3.05, 3.63) is 69.3 Å². The molecule has 2 heterocycles. The van der Waals surface area contributed by atoms with Gasteiger partial charge in [0.2, 0.25) is 0 Å². The number of benzene rings is 2. The van der Waals surface area contributed by atoms with Crippen LogP contribution in [-0.2, 0) is 12.8 Å². The Morgan fingerprint density at radius 3 is 2.73 bits per heavy atom. The van der Waals surface area contributed by atoms with Crippen LogP contribution < -0.4 is 5.32 Å². The molecule has 0 fully saturated rings. The van der Waals surface area contributed by atoms with Crippen molar-refractivity contribution in [3.63, 3.8) is 0 Å². The van der Waals surface area contributed by atoms with Crippen LogP contribution in [0.2, 0.25) is 0 Å². The first-order valence-corrected chi connectivity index (χ1v) is 10.6. The fourth-order valence-electron chi connectivity index (χ4n) is 3.95. The third-order valence-corrected chi connectivity index (χ3v) is 6.36. The van der Waals surface area contributed by atoms with Crippen LogP contribution in [0.4, 0.5) is 17.2 Å². The van der Waals surface area contributed by atoms with Gasteiger partial charge in [0.1, 0.15) is 22.7 Å². The molecule has 150 valence electrons. The van der Waals surface area contributed by atoms with Crippen LogP contribution in [0.3, 0.4) is 0 Å². The molecule has 0 aliphatic heterocycles. The number of aryl methyl sites for hydroxylation is 2. The standard InChI is InChI=1S/C22H18N4O3S/c27-19-8-7-16(26(28)29)10-18(19)25-21-20-17(11-30-22(20)24-12-23-21)15-6-5-13-3-1-2-4-14(13)9-15/h5-12,27H,1-4H2,(H,23,24,25). The fraction of sp³-hybridized carbons (Fsp3) is 0.182. The van der Waals surface area contributed by atoms with Crippen LogP contribution in [0.25, 0.3) is 21.3 Å². The molecule has 2 aromatic carbocycles. The molecule has 8 heteroatoms. The number of thiophene rings is 1. The van der Waals surface area contributed by atoms with Crippen LogP contribution in [0.5, 0.6) is 5.75 Å². The van der Waals surface area contributed by atoms with Crippen molar-refractivity contribution in [2.24, 2.45) is 0 Å². The normalized spacial score (nSPS) is 13.2. The van der Waals surface area contributed by atoms with Gasteiger partial charge in [0, 0.05) is 23.1 Å².